The van der Waals surface area contributed by atoms with Crippen molar-refractivity contribution in [3.63, 3.8) is 0 Å². The van der Waals surface area contributed by atoms with Crippen molar-refractivity contribution in [3.05, 3.63) is 35.6 Å². The van der Waals surface area contributed by atoms with Gasteiger partial charge in [0.25, 0.3) is 0 Å². The molecule has 0 aliphatic carbocycles. The van der Waals surface area contributed by atoms with Crippen LogP contribution in [0.1, 0.15) is 32.3 Å². The molecule has 3 nitrogen and oxygen atoms in total. The van der Waals surface area contributed by atoms with Crippen LogP contribution in [0.5, 0.6) is 0 Å². The maximum absolute atomic E-state index is 12.8. The highest BCUT2D eigenvalue weighted by molar-refractivity contribution is 5.85. The predicted octanol–water partition coefficient (Wildman–Crippen LogP) is 2.34. The number of hydrogen-bond donors (Lipinski definition) is 1. The Bertz CT molecular complexity index is 415. The topological polar surface area (TPSA) is 46.3 Å². The van der Waals surface area contributed by atoms with Crippen molar-refractivity contribution in [2.45, 2.75) is 38.6 Å². The molecule has 0 heterocycles. The van der Waals surface area contributed by atoms with Crippen LogP contribution in [-0.2, 0) is 11.2 Å². The molecule has 1 aromatic rings. The lowest BCUT2D eigenvalue weighted by Crippen LogP contribution is -2.52. The van der Waals surface area contributed by atoms with Crippen molar-refractivity contribution in [3.8, 4) is 0 Å². The highest BCUT2D eigenvalue weighted by Crippen LogP contribution is 2.12. The van der Waals surface area contributed by atoms with Gasteiger partial charge in [-0.3, -0.25) is 4.79 Å². The maximum atomic E-state index is 12.8. The summed E-state index contributed by atoms with van der Waals surface area (Å²) in [6.07, 6.45) is 2.25. The Morgan fingerprint density at radius 3 is 2.47 bits per heavy atom. The second kappa shape index (κ2) is 6.66. The lowest BCUT2D eigenvalue weighted by molar-refractivity contribution is -0.135. The first-order chi connectivity index (χ1) is 8.86. The number of carbonyl (C=O) groups is 1. The fourth-order valence-corrected chi connectivity index (χ4v) is 2.11. The van der Waals surface area contributed by atoms with Crippen LogP contribution in [0, 0.1) is 5.82 Å². The molecular formula is C15H23FN2O. The van der Waals surface area contributed by atoms with Crippen molar-refractivity contribution >= 4 is 5.91 Å². The van der Waals surface area contributed by atoms with E-state index in [4.69, 9.17) is 5.73 Å². The highest BCUT2D eigenvalue weighted by atomic mass is 19.1. The number of nitrogens with zero attached hydrogens (tertiary/aromatic N) is 1. The summed E-state index contributed by atoms with van der Waals surface area (Å²) in [4.78, 5) is 13.8. The molecule has 0 fully saturated rings. The summed E-state index contributed by atoms with van der Waals surface area (Å²) in [7, 11) is 1.76. The minimum atomic E-state index is -0.799. The fourth-order valence-electron chi connectivity index (χ4n) is 2.11. The molecule has 2 N–H and O–H groups in total. The molecule has 1 atom stereocenters. The Balaban J connectivity index is 2.53. The van der Waals surface area contributed by atoms with Gasteiger partial charge >= 0.3 is 0 Å². The van der Waals surface area contributed by atoms with E-state index in [-0.39, 0.29) is 11.7 Å². The van der Waals surface area contributed by atoms with Gasteiger partial charge in [0.1, 0.15) is 5.82 Å². The lowest BCUT2D eigenvalue weighted by atomic mass is 9.96. The number of halogens is 1. The van der Waals surface area contributed by atoms with Crippen LogP contribution in [0.25, 0.3) is 0 Å². The maximum Gasteiger partial charge on any atom is 0.242 e. The molecule has 0 spiro atoms. The van der Waals surface area contributed by atoms with E-state index in [1.165, 1.54) is 12.1 Å². The Morgan fingerprint density at radius 2 is 1.95 bits per heavy atom. The second-order valence-corrected chi connectivity index (χ2v) is 5.27. The minimum absolute atomic E-state index is 0.0449. The van der Waals surface area contributed by atoms with E-state index in [2.05, 4.69) is 0 Å². The first kappa shape index (κ1) is 15.6. The van der Waals surface area contributed by atoms with Crippen LogP contribution in [0.15, 0.2) is 24.3 Å². The average Bonchev–Trinajstić information content (AvgIpc) is 2.36. The minimum Gasteiger partial charge on any atom is -0.344 e. The van der Waals surface area contributed by atoms with E-state index in [0.717, 1.165) is 12.0 Å². The quantitative estimate of drug-likeness (QED) is 0.859. The SMILES string of the molecule is CCCC(C)(N)C(=O)N(C)CCc1ccc(F)cc1. The van der Waals surface area contributed by atoms with E-state index in [0.29, 0.717) is 19.4 Å². The molecule has 0 saturated carbocycles. The van der Waals surface area contributed by atoms with Crippen LogP contribution >= 0.6 is 0 Å². The summed E-state index contributed by atoms with van der Waals surface area (Å²) < 4.78 is 12.8. The zero-order chi connectivity index (χ0) is 14.5. The van der Waals surface area contributed by atoms with Crippen LogP contribution in [0.2, 0.25) is 0 Å². The van der Waals surface area contributed by atoms with E-state index in [1.807, 2.05) is 6.92 Å². The van der Waals surface area contributed by atoms with E-state index in [1.54, 1.807) is 31.0 Å². The van der Waals surface area contributed by atoms with Gasteiger partial charge in [-0.05, 0) is 37.5 Å². The van der Waals surface area contributed by atoms with Crippen molar-refractivity contribution in [1.82, 2.24) is 4.90 Å². The highest BCUT2D eigenvalue weighted by Gasteiger charge is 2.29. The fraction of sp³-hybridized carbons (Fsp3) is 0.533. The van der Waals surface area contributed by atoms with Crippen molar-refractivity contribution in [2.24, 2.45) is 5.73 Å². The van der Waals surface area contributed by atoms with Crippen LogP contribution in [-0.4, -0.2) is 29.9 Å². The van der Waals surface area contributed by atoms with E-state index < -0.39 is 5.54 Å². The summed E-state index contributed by atoms with van der Waals surface area (Å²) >= 11 is 0. The standard InChI is InChI=1S/C15H23FN2O/c1-4-10-15(2,17)14(19)18(3)11-9-12-5-7-13(16)8-6-12/h5-8H,4,9-11,17H2,1-3H3. The first-order valence-corrected chi connectivity index (χ1v) is 6.65. The van der Waals surface area contributed by atoms with Crippen LogP contribution in [0.4, 0.5) is 4.39 Å². The number of rotatable bonds is 6. The molecule has 0 saturated heterocycles. The summed E-state index contributed by atoms with van der Waals surface area (Å²) in [5.74, 6) is -0.290. The third kappa shape index (κ3) is 4.63. The van der Waals surface area contributed by atoms with E-state index in [9.17, 15) is 9.18 Å². The Kier molecular flexibility index (Phi) is 5.48. The van der Waals surface area contributed by atoms with Gasteiger partial charge in [-0.2, -0.15) is 0 Å². The van der Waals surface area contributed by atoms with Gasteiger partial charge in [-0.1, -0.05) is 25.5 Å². The van der Waals surface area contributed by atoms with Crippen molar-refractivity contribution < 1.29 is 9.18 Å². The molecule has 0 radical (unpaired) electrons. The zero-order valence-electron chi connectivity index (χ0n) is 11.9. The molecule has 1 unspecified atom stereocenters. The smallest absolute Gasteiger partial charge is 0.242 e. The number of benzene rings is 1. The molecule has 0 aliphatic heterocycles. The zero-order valence-corrected chi connectivity index (χ0v) is 11.9. The molecule has 4 heteroatoms. The van der Waals surface area contributed by atoms with E-state index >= 15 is 0 Å². The molecule has 1 rings (SSSR count). The Labute approximate surface area is 114 Å². The molecule has 1 amide bonds. The van der Waals surface area contributed by atoms with Gasteiger partial charge in [0.2, 0.25) is 5.91 Å². The number of hydrogen-bond acceptors (Lipinski definition) is 2. The first-order valence-electron chi connectivity index (χ1n) is 6.65. The van der Waals surface area contributed by atoms with Crippen LogP contribution in [0.3, 0.4) is 0 Å². The van der Waals surface area contributed by atoms with Gasteiger partial charge in [0.05, 0.1) is 5.54 Å². The normalized spacial score (nSPS) is 13.9. The Hall–Kier alpha value is -1.42. The van der Waals surface area contributed by atoms with Gasteiger partial charge in [0, 0.05) is 13.6 Å². The van der Waals surface area contributed by atoms with Gasteiger partial charge in [-0.15, -0.1) is 0 Å². The van der Waals surface area contributed by atoms with Gasteiger partial charge < -0.3 is 10.6 Å². The Morgan fingerprint density at radius 1 is 1.37 bits per heavy atom. The molecule has 0 aliphatic rings. The number of likely N-dealkylation sites (N-methyl/N-ethyl adjacent to an activating group) is 1. The molecule has 19 heavy (non-hydrogen) atoms. The number of nitrogens with two attached hydrogens (primary N) is 1. The third-order valence-corrected chi connectivity index (χ3v) is 3.25. The molecule has 1 aromatic carbocycles. The molecule has 106 valence electrons. The van der Waals surface area contributed by atoms with Gasteiger partial charge in [-0.25, -0.2) is 4.39 Å². The summed E-state index contributed by atoms with van der Waals surface area (Å²) in [5.41, 5.74) is 6.23. The largest absolute Gasteiger partial charge is 0.344 e. The third-order valence-electron chi connectivity index (χ3n) is 3.25. The summed E-state index contributed by atoms with van der Waals surface area (Å²) in [5, 5.41) is 0. The van der Waals surface area contributed by atoms with Crippen LogP contribution < -0.4 is 5.73 Å². The molecule has 0 aromatic heterocycles. The van der Waals surface area contributed by atoms with Gasteiger partial charge in [0.15, 0.2) is 0 Å². The molecular weight excluding hydrogens is 243 g/mol. The second-order valence-electron chi connectivity index (χ2n) is 5.27. The summed E-state index contributed by atoms with van der Waals surface area (Å²) in [6, 6.07) is 6.34. The van der Waals surface area contributed by atoms with Crippen molar-refractivity contribution in [1.29, 1.82) is 0 Å². The monoisotopic (exact) mass is 266 g/mol. The number of carbonyl (C=O) groups excluding carboxylic acids is 1. The predicted molar refractivity (Wildman–Crippen MR) is 75.2 cm³/mol. The summed E-state index contributed by atoms with van der Waals surface area (Å²) in [6.45, 7) is 4.37. The van der Waals surface area contributed by atoms with Crippen molar-refractivity contribution in [2.75, 3.05) is 13.6 Å². The lowest BCUT2D eigenvalue weighted by Gasteiger charge is -2.29. The molecule has 0 bridgehead atoms. The number of amides is 1. The average molecular weight is 266 g/mol.